The second-order valence-corrected chi connectivity index (χ2v) is 4.92. The van der Waals surface area contributed by atoms with Gasteiger partial charge in [0.2, 0.25) is 0 Å². The Kier molecular flexibility index (Phi) is 4.67. The van der Waals surface area contributed by atoms with E-state index in [4.69, 9.17) is 5.73 Å². The van der Waals surface area contributed by atoms with Gasteiger partial charge >= 0.3 is 0 Å². The zero-order valence-corrected chi connectivity index (χ0v) is 10.7. The van der Waals surface area contributed by atoms with Crippen LogP contribution < -0.4 is 11.1 Å². The van der Waals surface area contributed by atoms with Crippen LogP contribution in [0, 0.1) is 0 Å². The topological polar surface area (TPSA) is 72.9 Å². The highest BCUT2D eigenvalue weighted by Gasteiger charge is 2.15. The predicted molar refractivity (Wildman–Crippen MR) is 67.5 cm³/mol. The largest absolute Gasteiger partial charge is 0.383 e. The Balaban J connectivity index is 2.55. The quantitative estimate of drug-likeness (QED) is 0.803. The van der Waals surface area contributed by atoms with E-state index in [1.54, 1.807) is 18.8 Å². The minimum absolute atomic E-state index is 0.136. The van der Waals surface area contributed by atoms with Crippen molar-refractivity contribution < 1.29 is 4.79 Å². The molecule has 5 nitrogen and oxygen atoms in total. The van der Waals surface area contributed by atoms with Crippen molar-refractivity contribution in [3.8, 4) is 0 Å². The van der Waals surface area contributed by atoms with Gasteiger partial charge in [0.1, 0.15) is 11.4 Å². The van der Waals surface area contributed by atoms with Crippen LogP contribution in [0.25, 0.3) is 0 Å². The van der Waals surface area contributed by atoms with Gasteiger partial charge in [-0.15, -0.1) is 0 Å². The van der Waals surface area contributed by atoms with E-state index < -0.39 is 0 Å². The summed E-state index contributed by atoms with van der Waals surface area (Å²) in [5, 5.41) is 6.82. The van der Waals surface area contributed by atoms with E-state index in [0.29, 0.717) is 11.4 Å². The fourth-order valence-corrected chi connectivity index (χ4v) is 1.93. The Bertz CT molecular complexity index is 364. The Morgan fingerprint density at radius 2 is 2.44 bits per heavy atom. The van der Waals surface area contributed by atoms with Crippen LogP contribution in [0.3, 0.4) is 0 Å². The Morgan fingerprint density at radius 1 is 1.75 bits per heavy atom. The minimum Gasteiger partial charge on any atom is -0.383 e. The minimum atomic E-state index is -0.158. The van der Waals surface area contributed by atoms with E-state index in [-0.39, 0.29) is 11.9 Å². The molecule has 0 spiro atoms. The van der Waals surface area contributed by atoms with Crippen LogP contribution in [0.5, 0.6) is 0 Å². The van der Waals surface area contributed by atoms with Crippen LogP contribution in [0.15, 0.2) is 6.20 Å². The summed E-state index contributed by atoms with van der Waals surface area (Å²) in [6.07, 6.45) is 1.49. The van der Waals surface area contributed by atoms with Crippen LogP contribution >= 0.6 is 11.8 Å². The number of amides is 1. The van der Waals surface area contributed by atoms with Crippen molar-refractivity contribution >= 4 is 23.5 Å². The fraction of sp³-hybridized carbons (Fsp3) is 0.600. The number of nitrogens with one attached hydrogen (secondary N) is 1. The van der Waals surface area contributed by atoms with Gasteiger partial charge in [-0.2, -0.15) is 16.9 Å². The third-order valence-corrected chi connectivity index (χ3v) is 3.32. The number of hydrogen-bond donors (Lipinski definition) is 2. The van der Waals surface area contributed by atoms with Crippen molar-refractivity contribution in [3.05, 3.63) is 11.8 Å². The molecule has 90 valence electrons. The van der Waals surface area contributed by atoms with E-state index in [0.717, 1.165) is 11.5 Å². The molecule has 3 N–H and O–H groups in total. The molecule has 0 radical (unpaired) electrons. The maximum atomic E-state index is 11.8. The van der Waals surface area contributed by atoms with Gasteiger partial charge in [-0.05, 0) is 12.7 Å². The Morgan fingerprint density at radius 3 is 2.94 bits per heavy atom. The van der Waals surface area contributed by atoms with E-state index in [1.807, 2.05) is 6.92 Å². The van der Waals surface area contributed by atoms with Gasteiger partial charge in [0.25, 0.3) is 5.91 Å². The number of aromatic nitrogens is 2. The summed E-state index contributed by atoms with van der Waals surface area (Å²) in [5.41, 5.74) is 6.15. The van der Waals surface area contributed by atoms with Gasteiger partial charge in [0.05, 0.1) is 6.20 Å². The second-order valence-electron chi connectivity index (χ2n) is 3.60. The van der Waals surface area contributed by atoms with E-state index in [1.165, 1.54) is 10.9 Å². The zero-order chi connectivity index (χ0) is 12.1. The number of hydrogen-bond acceptors (Lipinski definition) is 4. The van der Waals surface area contributed by atoms with Crippen molar-refractivity contribution in [3.63, 3.8) is 0 Å². The van der Waals surface area contributed by atoms with Crippen molar-refractivity contribution in [1.82, 2.24) is 15.1 Å². The summed E-state index contributed by atoms with van der Waals surface area (Å²) in [6.45, 7) is 4.07. The van der Waals surface area contributed by atoms with Crippen molar-refractivity contribution in [2.24, 2.45) is 7.05 Å². The Labute approximate surface area is 99.8 Å². The van der Waals surface area contributed by atoms with Crippen molar-refractivity contribution in [2.75, 3.05) is 17.2 Å². The molecule has 1 unspecified atom stereocenters. The maximum Gasteiger partial charge on any atom is 0.256 e. The van der Waals surface area contributed by atoms with Crippen LogP contribution in [0.2, 0.25) is 0 Å². The van der Waals surface area contributed by atoms with Crippen LogP contribution in [0.1, 0.15) is 24.2 Å². The fourth-order valence-electron chi connectivity index (χ4n) is 1.26. The highest BCUT2D eigenvalue weighted by molar-refractivity contribution is 7.99. The molecule has 0 aromatic carbocycles. The van der Waals surface area contributed by atoms with Gasteiger partial charge in [-0.25, -0.2) is 0 Å². The number of nitrogens with two attached hydrogens (primary N) is 1. The number of thioether (sulfide) groups is 1. The molecule has 1 aromatic heterocycles. The van der Waals surface area contributed by atoms with E-state index >= 15 is 0 Å². The lowest BCUT2D eigenvalue weighted by Gasteiger charge is -2.12. The summed E-state index contributed by atoms with van der Waals surface area (Å²) >= 11 is 1.80. The molecule has 1 rings (SSSR count). The van der Waals surface area contributed by atoms with Gasteiger partial charge in [-0.1, -0.05) is 6.92 Å². The first-order valence-corrected chi connectivity index (χ1v) is 6.37. The molecule has 0 bridgehead atoms. The van der Waals surface area contributed by atoms with Gasteiger partial charge in [0, 0.05) is 18.8 Å². The highest BCUT2D eigenvalue weighted by Crippen LogP contribution is 2.09. The molecule has 1 amide bonds. The number of aryl methyl sites for hydroxylation is 1. The summed E-state index contributed by atoms with van der Waals surface area (Å²) < 4.78 is 1.49. The van der Waals surface area contributed by atoms with Crippen LogP contribution in [-0.4, -0.2) is 33.2 Å². The van der Waals surface area contributed by atoms with Crippen LogP contribution in [-0.2, 0) is 7.05 Å². The molecule has 0 aliphatic carbocycles. The monoisotopic (exact) mass is 242 g/mol. The van der Waals surface area contributed by atoms with Crippen LogP contribution in [0.4, 0.5) is 5.82 Å². The lowest BCUT2D eigenvalue weighted by Crippen LogP contribution is -2.34. The molecule has 1 heterocycles. The molecule has 6 heteroatoms. The lowest BCUT2D eigenvalue weighted by atomic mass is 10.3. The third-order valence-electron chi connectivity index (χ3n) is 2.18. The Hall–Kier alpha value is -1.17. The first-order valence-electron chi connectivity index (χ1n) is 5.22. The van der Waals surface area contributed by atoms with Crippen molar-refractivity contribution in [1.29, 1.82) is 0 Å². The standard InChI is InChI=1S/C10H18N4OS/c1-4-16-6-7(2)13-10(15)8-5-12-14(3)9(8)11/h5,7H,4,6,11H2,1-3H3,(H,13,15). The molecule has 1 atom stereocenters. The second kappa shape index (κ2) is 5.79. The summed E-state index contributed by atoms with van der Waals surface area (Å²) in [5.74, 6) is 2.19. The first-order chi connectivity index (χ1) is 7.56. The average molecular weight is 242 g/mol. The molecule has 16 heavy (non-hydrogen) atoms. The SMILES string of the molecule is CCSCC(C)NC(=O)c1cnn(C)c1N. The molecule has 0 saturated heterocycles. The molecule has 0 fully saturated rings. The number of nitrogens with zero attached hydrogens (tertiary/aromatic N) is 2. The van der Waals surface area contributed by atoms with Crippen molar-refractivity contribution in [2.45, 2.75) is 19.9 Å². The van der Waals surface area contributed by atoms with Gasteiger partial charge < -0.3 is 11.1 Å². The molecule has 1 aromatic rings. The van der Waals surface area contributed by atoms with E-state index in [2.05, 4.69) is 17.3 Å². The number of nitrogen functional groups attached to an aromatic ring is 1. The number of anilines is 1. The summed E-state index contributed by atoms with van der Waals surface area (Å²) in [6, 6.07) is 0.136. The summed E-state index contributed by atoms with van der Waals surface area (Å²) in [4.78, 5) is 11.8. The number of carbonyl (C=O) groups excluding carboxylic acids is 1. The molecule has 0 aliphatic rings. The average Bonchev–Trinajstić information content (AvgIpc) is 2.57. The summed E-state index contributed by atoms with van der Waals surface area (Å²) in [7, 11) is 1.71. The van der Waals surface area contributed by atoms with Gasteiger partial charge in [0.15, 0.2) is 0 Å². The number of rotatable bonds is 5. The molecular formula is C10H18N4OS. The zero-order valence-electron chi connectivity index (χ0n) is 9.86. The maximum absolute atomic E-state index is 11.8. The first kappa shape index (κ1) is 12.9. The smallest absolute Gasteiger partial charge is 0.256 e. The third kappa shape index (κ3) is 3.16. The van der Waals surface area contributed by atoms with Gasteiger partial charge in [-0.3, -0.25) is 9.48 Å². The van der Waals surface area contributed by atoms with E-state index in [9.17, 15) is 4.79 Å². The molecule has 0 aliphatic heterocycles. The predicted octanol–water partition coefficient (Wildman–Crippen LogP) is 0.874. The number of carbonyl (C=O) groups is 1. The lowest BCUT2D eigenvalue weighted by molar-refractivity contribution is 0.0944. The molecular weight excluding hydrogens is 224 g/mol. The highest BCUT2D eigenvalue weighted by atomic mass is 32.2. The normalized spacial score (nSPS) is 12.4. The molecule has 0 saturated carbocycles.